The van der Waals surface area contributed by atoms with Crippen LogP contribution in [0.1, 0.15) is 37.5 Å². The van der Waals surface area contributed by atoms with Gasteiger partial charge in [-0.15, -0.1) is 0 Å². The summed E-state index contributed by atoms with van der Waals surface area (Å²) in [6.45, 7) is 5.05. The summed E-state index contributed by atoms with van der Waals surface area (Å²) in [6, 6.07) is 11.8. The van der Waals surface area contributed by atoms with Crippen LogP contribution in [0.5, 0.6) is 0 Å². The van der Waals surface area contributed by atoms with E-state index in [-0.39, 0.29) is 30.1 Å². The number of carbonyl (C=O) groups excluding carboxylic acids is 3. The summed E-state index contributed by atoms with van der Waals surface area (Å²) >= 11 is 0. The van der Waals surface area contributed by atoms with Crippen LogP contribution in [0, 0.1) is 11.7 Å². The lowest BCUT2D eigenvalue weighted by Crippen LogP contribution is -2.47. The van der Waals surface area contributed by atoms with Crippen molar-refractivity contribution in [2.75, 3.05) is 32.5 Å². The van der Waals surface area contributed by atoms with Crippen molar-refractivity contribution in [3.63, 3.8) is 0 Å². The smallest absolute Gasteiger partial charge is 0.411 e. The van der Waals surface area contributed by atoms with Gasteiger partial charge in [-0.3, -0.25) is 14.5 Å². The van der Waals surface area contributed by atoms with Gasteiger partial charge in [-0.2, -0.15) is 0 Å². The Bertz CT molecular complexity index is 1040. The van der Waals surface area contributed by atoms with E-state index in [1.165, 1.54) is 17.0 Å². The van der Waals surface area contributed by atoms with Gasteiger partial charge in [0, 0.05) is 25.2 Å². The molecule has 1 heterocycles. The fraction of sp³-hybridized carbons (Fsp3) is 0.423. The molecule has 9 heteroatoms. The highest BCUT2D eigenvalue weighted by Gasteiger charge is 2.47. The molecular weight excluding hydrogens is 451 g/mol. The van der Waals surface area contributed by atoms with Gasteiger partial charge in [0.15, 0.2) is 12.1 Å². The van der Waals surface area contributed by atoms with Gasteiger partial charge < -0.3 is 20.3 Å². The van der Waals surface area contributed by atoms with Gasteiger partial charge in [-0.05, 0) is 55.4 Å². The molecule has 1 aliphatic rings. The van der Waals surface area contributed by atoms with E-state index in [0.29, 0.717) is 36.3 Å². The van der Waals surface area contributed by atoms with Crippen LogP contribution in [-0.4, -0.2) is 60.9 Å². The zero-order valence-electron chi connectivity index (χ0n) is 20.6. The minimum absolute atomic E-state index is 0.0895. The van der Waals surface area contributed by atoms with Gasteiger partial charge in [-0.1, -0.05) is 38.1 Å². The molecule has 0 aromatic heterocycles. The number of benzene rings is 2. The molecule has 8 nitrogen and oxygen atoms in total. The summed E-state index contributed by atoms with van der Waals surface area (Å²) in [4.78, 5) is 41.7. The Morgan fingerprint density at radius 3 is 2.51 bits per heavy atom. The number of nitrogens with one attached hydrogen (secondary N) is 2. The first-order valence-electron chi connectivity index (χ1n) is 11.7. The van der Waals surface area contributed by atoms with E-state index >= 15 is 0 Å². The number of amides is 3. The lowest BCUT2D eigenvalue weighted by atomic mass is 10.00. The standard InChI is InChI=1S/C26H33FN4O4/c1-17(2)14-22(32)29-21-7-5-6-19(15-21)24-23(25(33)28-12-13-30(3)4)31(26(34)35-24)16-18-8-10-20(27)11-9-18/h5-11,15,17,23-24H,12-14,16H2,1-4H3,(H,28,33)(H,29,32). The Hall–Kier alpha value is -3.46. The molecule has 1 aliphatic heterocycles. The molecule has 0 bridgehead atoms. The zero-order valence-corrected chi connectivity index (χ0v) is 20.6. The first kappa shape index (κ1) is 26.2. The summed E-state index contributed by atoms with van der Waals surface area (Å²) in [5.74, 6) is -0.635. The molecule has 0 spiro atoms. The second-order valence-corrected chi connectivity index (χ2v) is 9.37. The third kappa shape index (κ3) is 7.26. The molecule has 35 heavy (non-hydrogen) atoms. The number of rotatable bonds is 10. The van der Waals surface area contributed by atoms with Crippen LogP contribution >= 0.6 is 0 Å². The number of nitrogens with zero attached hydrogens (tertiary/aromatic N) is 2. The quantitative estimate of drug-likeness (QED) is 0.538. The largest absolute Gasteiger partial charge is 0.438 e. The van der Waals surface area contributed by atoms with E-state index in [1.807, 2.05) is 32.8 Å². The van der Waals surface area contributed by atoms with Crippen molar-refractivity contribution < 1.29 is 23.5 Å². The van der Waals surface area contributed by atoms with E-state index in [2.05, 4.69) is 10.6 Å². The van der Waals surface area contributed by atoms with Gasteiger partial charge in [0.25, 0.3) is 0 Å². The monoisotopic (exact) mass is 484 g/mol. The molecule has 2 aromatic carbocycles. The number of carbonyl (C=O) groups is 3. The molecule has 188 valence electrons. The Morgan fingerprint density at radius 2 is 1.86 bits per heavy atom. The average molecular weight is 485 g/mol. The lowest BCUT2D eigenvalue weighted by Gasteiger charge is -2.25. The van der Waals surface area contributed by atoms with Crippen molar-refractivity contribution in [1.29, 1.82) is 0 Å². The van der Waals surface area contributed by atoms with Crippen LogP contribution in [0.15, 0.2) is 48.5 Å². The van der Waals surface area contributed by atoms with Crippen LogP contribution in [0.2, 0.25) is 0 Å². The first-order valence-corrected chi connectivity index (χ1v) is 11.7. The number of hydrogen-bond donors (Lipinski definition) is 2. The van der Waals surface area contributed by atoms with E-state index < -0.39 is 18.2 Å². The Kier molecular flexibility index (Phi) is 8.81. The molecule has 3 amide bonds. The molecular formula is C26H33FN4O4. The third-order valence-electron chi connectivity index (χ3n) is 5.57. The van der Waals surface area contributed by atoms with Gasteiger partial charge in [0.1, 0.15) is 5.82 Å². The van der Waals surface area contributed by atoms with Crippen LogP contribution < -0.4 is 10.6 Å². The normalized spacial score (nSPS) is 17.6. The van der Waals surface area contributed by atoms with Crippen molar-refractivity contribution in [1.82, 2.24) is 15.1 Å². The van der Waals surface area contributed by atoms with E-state index in [4.69, 9.17) is 4.74 Å². The average Bonchev–Trinajstić information content (AvgIpc) is 3.10. The fourth-order valence-corrected chi connectivity index (χ4v) is 3.88. The number of hydrogen-bond acceptors (Lipinski definition) is 5. The summed E-state index contributed by atoms with van der Waals surface area (Å²) in [6.07, 6.45) is -1.13. The summed E-state index contributed by atoms with van der Waals surface area (Å²) in [7, 11) is 3.80. The summed E-state index contributed by atoms with van der Waals surface area (Å²) < 4.78 is 19.0. The van der Waals surface area contributed by atoms with Crippen molar-refractivity contribution in [2.45, 2.75) is 39.0 Å². The molecule has 1 fully saturated rings. The fourth-order valence-electron chi connectivity index (χ4n) is 3.88. The van der Waals surface area contributed by atoms with Gasteiger partial charge >= 0.3 is 6.09 Å². The zero-order chi connectivity index (χ0) is 25.5. The highest BCUT2D eigenvalue weighted by Crippen LogP contribution is 2.35. The molecule has 2 atom stereocenters. The van der Waals surface area contributed by atoms with Gasteiger partial charge in [-0.25, -0.2) is 9.18 Å². The maximum Gasteiger partial charge on any atom is 0.411 e. The van der Waals surface area contributed by atoms with Crippen LogP contribution in [-0.2, 0) is 20.9 Å². The first-order chi connectivity index (χ1) is 16.6. The van der Waals surface area contributed by atoms with Crippen LogP contribution in [0.3, 0.4) is 0 Å². The third-order valence-corrected chi connectivity index (χ3v) is 5.57. The number of halogens is 1. The summed E-state index contributed by atoms with van der Waals surface area (Å²) in [5, 5.41) is 5.75. The Balaban J connectivity index is 1.86. The second kappa shape index (κ2) is 11.8. The van der Waals surface area contributed by atoms with E-state index in [1.54, 1.807) is 36.4 Å². The Morgan fingerprint density at radius 1 is 1.14 bits per heavy atom. The molecule has 3 rings (SSSR count). The lowest BCUT2D eigenvalue weighted by molar-refractivity contribution is -0.126. The minimum Gasteiger partial charge on any atom is -0.438 e. The van der Waals surface area contributed by atoms with Crippen molar-refractivity contribution in [3.8, 4) is 0 Å². The second-order valence-electron chi connectivity index (χ2n) is 9.37. The minimum atomic E-state index is -0.934. The van der Waals surface area contributed by atoms with E-state index in [0.717, 1.165) is 0 Å². The Labute approximate surface area is 205 Å². The molecule has 2 aromatic rings. The summed E-state index contributed by atoms with van der Waals surface area (Å²) in [5.41, 5.74) is 1.83. The predicted octanol–water partition coefficient (Wildman–Crippen LogP) is 3.55. The SMILES string of the molecule is CC(C)CC(=O)Nc1cccc(C2OC(=O)N(Cc3ccc(F)cc3)C2C(=O)NCCN(C)C)c1. The molecule has 0 aliphatic carbocycles. The molecule has 0 radical (unpaired) electrons. The highest BCUT2D eigenvalue weighted by molar-refractivity contribution is 5.91. The number of anilines is 1. The van der Waals surface area contributed by atoms with Gasteiger partial charge in [0.05, 0.1) is 6.54 Å². The van der Waals surface area contributed by atoms with Crippen LogP contribution in [0.4, 0.5) is 14.9 Å². The molecule has 2 unspecified atom stereocenters. The van der Waals surface area contributed by atoms with E-state index in [9.17, 15) is 18.8 Å². The van der Waals surface area contributed by atoms with Crippen molar-refractivity contribution >= 4 is 23.6 Å². The predicted molar refractivity (Wildman–Crippen MR) is 131 cm³/mol. The molecule has 0 saturated carbocycles. The van der Waals surface area contributed by atoms with Crippen molar-refractivity contribution in [2.24, 2.45) is 5.92 Å². The number of ether oxygens (including phenoxy) is 1. The maximum atomic E-state index is 13.4. The number of likely N-dealkylation sites (N-methyl/N-ethyl adjacent to an activating group) is 1. The number of cyclic esters (lactones) is 1. The highest BCUT2D eigenvalue weighted by atomic mass is 19.1. The topological polar surface area (TPSA) is 91.0 Å². The van der Waals surface area contributed by atoms with Gasteiger partial charge in [0.2, 0.25) is 11.8 Å². The van der Waals surface area contributed by atoms with Crippen molar-refractivity contribution in [3.05, 3.63) is 65.5 Å². The molecule has 1 saturated heterocycles. The maximum absolute atomic E-state index is 13.4. The molecule has 2 N–H and O–H groups in total. The van der Waals surface area contributed by atoms with Crippen LogP contribution in [0.25, 0.3) is 0 Å².